The van der Waals surface area contributed by atoms with Gasteiger partial charge in [0.15, 0.2) is 5.75 Å². The highest BCUT2D eigenvalue weighted by Crippen LogP contribution is 2.34. The molecule has 5 heteroatoms. The smallest absolute Gasteiger partial charge is 0.156 e. The van der Waals surface area contributed by atoms with Gasteiger partial charge in [0.1, 0.15) is 0 Å². The molecule has 1 aromatic carbocycles. The molecule has 21 heavy (non-hydrogen) atoms. The minimum Gasteiger partial charge on any atom is -0.491 e. The van der Waals surface area contributed by atoms with Gasteiger partial charge in [0.05, 0.1) is 16.7 Å². The van der Waals surface area contributed by atoms with Gasteiger partial charge in [0.25, 0.3) is 0 Å². The first-order valence-corrected chi connectivity index (χ1v) is 8.26. The van der Waals surface area contributed by atoms with Crippen molar-refractivity contribution in [3.05, 3.63) is 27.7 Å². The van der Waals surface area contributed by atoms with Gasteiger partial charge in [-0.05, 0) is 37.6 Å². The summed E-state index contributed by atoms with van der Waals surface area (Å²) in [5, 5.41) is 4.59. The molecule has 1 N–H and O–H groups in total. The highest BCUT2D eigenvalue weighted by molar-refractivity contribution is 6.37. The van der Waals surface area contributed by atoms with Crippen molar-refractivity contribution in [2.45, 2.75) is 52.5 Å². The van der Waals surface area contributed by atoms with E-state index >= 15 is 0 Å². The Bertz CT molecular complexity index is 376. The summed E-state index contributed by atoms with van der Waals surface area (Å²) in [6.07, 6.45) is 6.48. The summed E-state index contributed by atoms with van der Waals surface area (Å²) >= 11 is 12.3. The molecule has 0 aromatic heterocycles. The molecule has 0 heterocycles. The van der Waals surface area contributed by atoms with Crippen LogP contribution in [-0.4, -0.2) is 13.2 Å². The van der Waals surface area contributed by atoms with Crippen molar-refractivity contribution in [1.82, 2.24) is 5.32 Å². The van der Waals surface area contributed by atoms with E-state index < -0.39 is 0 Å². The van der Waals surface area contributed by atoms with Gasteiger partial charge in [-0.15, -0.1) is 12.4 Å². The molecule has 0 radical (unpaired) electrons. The molecule has 2 nitrogen and oxygen atoms in total. The Hall–Kier alpha value is -0.150. The number of nitrogens with one attached hydrogen (secondary N) is 1. The largest absolute Gasteiger partial charge is 0.491 e. The zero-order valence-corrected chi connectivity index (χ0v) is 15.2. The maximum absolute atomic E-state index is 6.17. The molecule has 0 aliphatic carbocycles. The number of halogens is 3. The number of rotatable bonds is 10. The Kier molecular flexibility index (Phi) is 12.3. The van der Waals surface area contributed by atoms with Gasteiger partial charge in [-0.2, -0.15) is 0 Å². The SMILES string of the molecule is CCCCCCCNCc1cc(Cl)c(OCC)c(Cl)c1.Cl. The lowest BCUT2D eigenvalue weighted by Gasteiger charge is -2.11. The highest BCUT2D eigenvalue weighted by Gasteiger charge is 2.08. The quantitative estimate of drug-likeness (QED) is 0.530. The Morgan fingerprint density at radius 1 is 1.00 bits per heavy atom. The lowest BCUT2D eigenvalue weighted by Crippen LogP contribution is -2.14. The summed E-state index contributed by atoms with van der Waals surface area (Å²) in [5.41, 5.74) is 1.09. The molecule has 0 bridgehead atoms. The zero-order valence-electron chi connectivity index (χ0n) is 12.9. The van der Waals surface area contributed by atoms with Crippen LogP contribution in [-0.2, 0) is 6.54 Å². The van der Waals surface area contributed by atoms with E-state index in [9.17, 15) is 0 Å². The van der Waals surface area contributed by atoms with Crippen molar-refractivity contribution in [3.8, 4) is 5.75 Å². The van der Waals surface area contributed by atoms with Crippen LogP contribution >= 0.6 is 35.6 Å². The predicted molar refractivity (Wildman–Crippen MR) is 95.3 cm³/mol. The second kappa shape index (κ2) is 12.4. The molecule has 1 rings (SSSR count). The Labute approximate surface area is 145 Å². The normalized spacial score (nSPS) is 10.3. The number of benzene rings is 1. The third-order valence-corrected chi connectivity index (χ3v) is 3.69. The van der Waals surface area contributed by atoms with Gasteiger partial charge in [-0.3, -0.25) is 0 Å². The van der Waals surface area contributed by atoms with Crippen molar-refractivity contribution in [2.24, 2.45) is 0 Å². The van der Waals surface area contributed by atoms with E-state index in [1.165, 1.54) is 32.1 Å². The third kappa shape index (κ3) is 8.15. The molecule has 122 valence electrons. The summed E-state index contributed by atoms with van der Waals surface area (Å²) in [6, 6.07) is 3.84. The van der Waals surface area contributed by atoms with Gasteiger partial charge in [0.2, 0.25) is 0 Å². The molecule has 0 fully saturated rings. The van der Waals surface area contributed by atoms with Crippen molar-refractivity contribution in [3.63, 3.8) is 0 Å². The maximum Gasteiger partial charge on any atom is 0.156 e. The standard InChI is InChI=1S/C16H25Cl2NO.ClH/c1-3-5-6-7-8-9-19-12-13-10-14(17)16(20-4-2)15(18)11-13;/h10-11,19H,3-9,12H2,1-2H3;1H. The average molecular weight is 355 g/mol. The first kappa shape index (κ1) is 20.9. The van der Waals surface area contributed by atoms with E-state index in [0.29, 0.717) is 22.4 Å². The minimum atomic E-state index is 0. The van der Waals surface area contributed by atoms with Crippen LogP contribution in [0.15, 0.2) is 12.1 Å². The molecule has 0 aliphatic heterocycles. The van der Waals surface area contributed by atoms with Crippen LogP contribution in [0.5, 0.6) is 5.75 Å². The van der Waals surface area contributed by atoms with Crippen LogP contribution in [0.25, 0.3) is 0 Å². The van der Waals surface area contributed by atoms with E-state index in [1.807, 2.05) is 19.1 Å². The first-order valence-electron chi connectivity index (χ1n) is 7.50. The van der Waals surface area contributed by atoms with Crippen LogP contribution in [0, 0.1) is 0 Å². The fourth-order valence-electron chi connectivity index (χ4n) is 2.08. The van der Waals surface area contributed by atoms with E-state index in [0.717, 1.165) is 18.7 Å². The number of hydrogen-bond acceptors (Lipinski definition) is 2. The van der Waals surface area contributed by atoms with Crippen LogP contribution in [0.1, 0.15) is 51.5 Å². The second-order valence-electron chi connectivity index (χ2n) is 4.91. The summed E-state index contributed by atoms with van der Waals surface area (Å²) in [5.74, 6) is 0.583. The monoisotopic (exact) mass is 353 g/mol. The zero-order chi connectivity index (χ0) is 14.8. The molecule has 0 amide bonds. The topological polar surface area (TPSA) is 21.3 Å². The summed E-state index contributed by atoms with van der Waals surface area (Å²) in [4.78, 5) is 0. The fourth-order valence-corrected chi connectivity index (χ4v) is 2.72. The van der Waals surface area contributed by atoms with Crippen molar-refractivity contribution in [1.29, 1.82) is 0 Å². The van der Waals surface area contributed by atoms with E-state index in [4.69, 9.17) is 27.9 Å². The van der Waals surface area contributed by atoms with Crippen LogP contribution in [0.3, 0.4) is 0 Å². The average Bonchev–Trinajstić information content (AvgIpc) is 2.42. The van der Waals surface area contributed by atoms with Gasteiger partial charge in [0, 0.05) is 6.54 Å². The van der Waals surface area contributed by atoms with Crippen LogP contribution < -0.4 is 10.1 Å². The summed E-state index contributed by atoms with van der Waals surface area (Å²) in [6.45, 7) is 6.54. The molecule has 0 saturated carbocycles. The summed E-state index contributed by atoms with van der Waals surface area (Å²) < 4.78 is 5.42. The van der Waals surface area contributed by atoms with Gasteiger partial charge in [-0.1, -0.05) is 55.8 Å². The Morgan fingerprint density at radius 3 is 2.19 bits per heavy atom. The predicted octanol–water partition coefficient (Wildman–Crippen LogP) is 5.87. The molecular formula is C16H26Cl3NO. The highest BCUT2D eigenvalue weighted by atomic mass is 35.5. The van der Waals surface area contributed by atoms with Crippen LogP contribution in [0.2, 0.25) is 10.0 Å². The van der Waals surface area contributed by atoms with E-state index in [1.54, 1.807) is 0 Å². The van der Waals surface area contributed by atoms with Crippen molar-refractivity contribution >= 4 is 35.6 Å². The molecule has 0 unspecified atom stereocenters. The summed E-state index contributed by atoms with van der Waals surface area (Å²) in [7, 11) is 0. The molecule has 0 atom stereocenters. The van der Waals surface area contributed by atoms with Crippen molar-refractivity contribution < 1.29 is 4.74 Å². The number of ether oxygens (including phenoxy) is 1. The van der Waals surface area contributed by atoms with E-state index in [2.05, 4.69) is 12.2 Å². The minimum absolute atomic E-state index is 0. The molecule has 0 saturated heterocycles. The van der Waals surface area contributed by atoms with Crippen LogP contribution in [0.4, 0.5) is 0 Å². The van der Waals surface area contributed by atoms with Gasteiger partial charge < -0.3 is 10.1 Å². The van der Waals surface area contributed by atoms with Gasteiger partial charge >= 0.3 is 0 Å². The molecule has 0 aliphatic rings. The Morgan fingerprint density at radius 2 is 1.62 bits per heavy atom. The maximum atomic E-state index is 6.17. The van der Waals surface area contributed by atoms with Crippen molar-refractivity contribution in [2.75, 3.05) is 13.2 Å². The van der Waals surface area contributed by atoms with E-state index in [-0.39, 0.29) is 12.4 Å². The third-order valence-electron chi connectivity index (χ3n) is 3.13. The fraction of sp³-hybridized carbons (Fsp3) is 0.625. The Balaban J connectivity index is 0.00000400. The lowest BCUT2D eigenvalue weighted by atomic mass is 10.1. The first-order chi connectivity index (χ1) is 9.69. The molecule has 0 spiro atoms. The number of hydrogen-bond donors (Lipinski definition) is 1. The number of unbranched alkanes of at least 4 members (excludes halogenated alkanes) is 4. The van der Waals surface area contributed by atoms with Gasteiger partial charge in [-0.25, -0.2) is 0 Å². The second-order valence-corrected chi connectivity index (χ2v) is 5.73. The molecular weight excluding hydrogens is 329 g/mol. The lowest BCUT2D eigenvalue weighted by molar-refractivity contribution is 0.340. The molecule has 1 aromatic rings.